The lowest BCUT2D eigenvalue weighted by Gasteiger charge is -2.31. The van der Waals surface area contributed by atoms with Gasteiger partial charge in [0.1, 0.15) is 11.9 Å². The molecular weight excluding hydrogens is 412 g/mol. The van der Waals surface area contributed by atoms with E-state index in [9.17, 15) is 9.59 Å². The molecule has 1 aliphatic heterocycles. The maximum atomic E-state index is 13.1. The molecule has 0 saturated carbocycles. The van der Waals surface area contributed by atoms with Crippen LogP contribution in [0.1, 0.15) is 18.4 Å². The van der Waals surface area contributed by atoms with E-state index in [0.717, 1.165) is 54.6 Å². The van der Waals surface area contributed by atoms with Crippen LogP contribution in [-0.2, 0) is 4.79 Å². The SMILES string of the molecule is Cc1cnc2c(=O)c3c(Cl)cccc3oc2c1-c1ccc(N2CCC(C=O)CC2)cc1. The lowest BCUT2D eigenvalue weighted by atomic mass is 9.97. The molecule has 0 radical (unpaired) electrons. The number of benzene rings is 2. The molecule has 0 N–H and O–H groups in total. The number of aromatic nitrogens is 1. The van der Waals surface area contributed by atoms with Crippen molar-refractivity contribution >= 4 is 45.6 Å². The molecule has 0 unspecified atom stereocenters. The predicted octanol–water partition coefficient (Wildman–Crippen LogP) is 5.39. The Morgan fingerprint density at radius 2 is 1.87 bits per heavy atom. The van der Waals surface area contributed by atoms with Gasteiger partial charge in [0, 0.05) is 36.5 Å². The highest BCUT2D eigenvalue weighted by Gasteiger charge is 2.20. The van der Waals surface area contributed by atoms with Crippen LogP contribution in [0.5, 0.6) is 0 Å². The standard InChI is InChI=1S/C25H21ClN2O3/c1-15-13-27-23-24(30)22-19(26)3-2-4-20(22)31-25(23)21(15)17-5-7-18(8-6-17)28-11-9-16(14-29)10-12-28/h2-8,13-14,16H,9-12H2,1H3. The Morgan fingerprint density at radius 3 is 2.58 bits per heavy atom. The van der Waals surface area contributed by atoms with Crippen molar-refractivity contribution in [2.24, 2.45) is 5.92 Å². The van der Waals surface area contributed by atoms with E-state index in [1.165, 1.54) is 0 Å². The van der Waals surface area contributed by atoms with Crippen molar-refractivity contribution in [1.29, 1.82) is 0 Å². The Kier molecular flexibility index (Phi) is 4.98. The summed E-state index contributed by atoms with van der Waals surface area (Å²) in [5, 5.41) is 0.716. The molecule has 1 aliphatic rings. The summed E-state index contributed by atoms with van der Waals surface area (Å²) in [6.45, 7) is 3.71. The van der Waals surface area contributed by atoms with Crippen molar-refractivity contribution in [3.8, 4) is 11.1 Å². The van der Waals surface area contributed by atoms with Gasteiger partial charge in [-0.2, -0.15) is 0 Å². The third-order valence-electron chi connectivity index (χ3n) is 6.11. The first kappa shape index (κ1) is 19.8. The molecule has 0 bridgehead atoms. The number of piperidine rings is 1. The molecule has 5 rings (SSSR count). The lowest BCUT2D eigenvalue weighted by molar-refractivity contribution is -0.111. The number of hydrogen-bond donors (Lipinski definition) is 0. The second kappa shape index (κ2) is 7.82. The molecule has 5 nitrogen and oxygen atoms in total. The monoisotopic (exact) mass is 432 g/mol. The highest BCUT2D eigenvalue weighted by molar-refractivity contribution is 6.35. The van der Waals surface area contributed by atoms with E-state index in [1.54, 1.807) is 24.4 Å². The Balaban J connectivity index is 1.60. The first-order valence-corrected chi connectivity index (χ1v) is 10.8. The largest absolute Gasteiger partial charge is 0.453 e. The normalized spacial score (nSPS) is 15.0. The Hall–Kier alpha value is -3.18. The van der Waals surface area contributed by atoms with Crippen molar-refractivity contribution in [2.75, 3.05) is 18.0 Å². The van der Waals surface area contributed by atoms with Gasteiger partial charge in [-0.05, 0) is 55.2 Å². The highest BCUT2D eigenvalue weighted by atomic mass is 35.5. The Labute approximate surface area is 184 Å². The van der Waals surface area contributed by atoms with Crippen LogP contribution in [0.4, 0.5) is 5.69 Å². The first-order chi connectivity index (χ1) is 15.1. The molecule has 2 aromatic carbocycles. The van der Waals surface area contributed by atoms with Gasteiger partial charge in [-0.25, -0.2) is 4.98 Å². The van der Waals surface area contributed by atoms with E-state index in [1.807, 2.05) is 19.1 Å². The average molecular weight is 433 g/mol. The topological polar surface area (TPSA) is 63.4 Å². The molecule has 2 aromatic heterocycles. The minimum atomic E-state index is -0.224. The van der Waals surface area contributed by atoms with Crippen LogP contribution in [-0.4, -0.2) is 24.4 Å². The van der Waals surface area contributed by atoms with Crippen molar-refractivity contribution in [3.63, 3.8) is 0 Å². The zero-order valence-electron chi connectivity index (χ0n) is 17.1. The predicted molar refractivity (Wildman–Crippen MR) is 124 cm³/mol. The second-order valence-electron chi connectivity index (χ2n) is 8.05. The number of aryl methyl sites for hydroxylation is 1. The second-order valence-corrected chi connectivity index (χ2v) is 8.45. The number of nitrogens with zero attached hydrogens (tertiary/aromatic N) is 2. The first-order valence-electron chi connectivity index (χ1n) is 10.4. The highest BCUT2D eigenvalue weighted by Crippen LogP contribution is 2.34. The number of pyridine rings is 1. The number of aldehydes is 1. The molecular formula is C25H21ClN2O3. The smallest absolute Gasteiger partial charge is 0.220 e. The van der Waals surface area contributed by atoms with E-state index < -0.39 is 0 Å². The van der Waals surface area contributed by atoms with Crippen molar-refractivity contribution in [1.82, 2.24) is 4.98 Å². The number of carbonyl (C=O) groups is 1. The van der Waals surface area contributed by atoms with Crippen LogP contribution >= 0.6 is 11.6 Å². The zero-order chi connectivity index (χ0) is 21.5. The van der Waals surface area contributed by atoms with Crippen LogP contribution in [0.3, 0.4) is 0 Å². The maximum Gasteiger partial charge on any atom is 0.220 e. The van der Waals surface area contributed by atoms with Gasteiger partial charge in [0.25, 0.3) is 0 Å². The van der Waals surface area contributed by atoms with Crippen molar-refractivity contribution in [3.05, 3.63) is 69.5 Å². The van der Waals surface area contributed by atoms with E-state index in [4.69, 9.17) is 16.0 Å². The molecule has 1 saturated heterocycles. The number of fused-ring (bicyclic) bond motifs is 2. The molecule has 0 atom stereocenters. The van der Waals surface area contributed by atoms with Crippen LogP contribution in [0.25, 0.3) is 33.2 Å². The number of rotatable bonds is 3. The fourth-order valence-corrected chi connectivity index (χ4v) is 4.62. The molecule has 6 heteroatoms. The van der Waals surface area contributed by atoms with E-state index >= 15 is 0 Å². The number of anilines is 1. The molecule has 31 heavy (non-hydrogen) atoms. The summed E-state index contributed by atoms with van der Waals surface area (Å²) < 4.78 is 6.15. The summed E-state index contributed by atoms with van der Waals surface area (Å²) in [7, 11) is 0. The van der Waals surface area contributed by atoms with Gasteiger partial charge < -0.3 is 14.1 Å². The molecule has 3 heterocycles. The fraction of sp³-hybridized carbons (Fsp3) is 0.240. The number of halogens is 1. The minimum absolute atomic E-state index is 0.174. The summed E-state index contributed by atoms with van der Waals surface area (Å²) in [5.74, 6) is 0.174. The molecule has 1 fully saturated rings. The molecule has 0 aliphatic carbocycles. The third-order valence-corrected chi connectivity index (χ3v) is 6.42. The molecule has 0 amide bonds. The number of carbonyl (C=O) groups excluding carboxylic acids is 1. The van der Waals surface area contributed by atoms with Gasteiger partial charge >= 0.3 is 0 Å². The summed E-state index contributed by atoms with van der Waals surface area (Å²) in [4.78, 5) is 30.7. The minimum Gasteiger partial charge on any atom is -0.453 e. The molecule has 156 valence electrons. The Bertz CT molecular complexity index is 1350. The number of hydrogen-bond acceptors (Lipinski definition) is 5. The Morgan fingerprint density at radius 1 is 1.13 bits per heavy atom. The summed E-state index contributed by atoms with van der Waals surface area (Å²) in [6, 6.07) is 13.5. The third kappa shape index (κ3) is 3.39. The van der Waals surface area contributed by atoms with Crippen molar-refractivity contribution < 1.29 is 9.21 Å². The summed E-state index contributed by atoms with van der Waals surface area (Å²) >= 11 is 6.25. The van der Waals surface area contributed by atoms with E-state index in [0.29, 0.717) is 21.6 Å². The van der Waals surface area contributed by atoms with Crippen LogP contribution < -0.4 is 10.3 Å². The van der Waals surface area contributed by atoms with E-state index in [2.05, 4.69) is 22.0 Å². The van der Waals surface area contributed by atoms with Crippen molar-refractivity contribution in [2.45, 2.75) is 19.8 Å². The zero-order valence-corrected chi connectivity index (χ0v) is 17.9. The summed E-state index contributed by atoms with van der Waals surface area (Å²) in [6.07, 6.45) is 4.55. The van der Waals surface area contributed by atoms with Crippen LogP contribution in [0.15, 0.2) is 57.9 Å². The van der Waals surface area contributed by atoms with Gasteiger partial charge in [-0.3, -0.25) is 4.79 Å². The van der Waals surface area contributed by atoms with E-state index in [-0.39, 0.29) is 16.9 Å². The van der Waals surface area contributed by atoms with Gasteiger partial charge in [-0.15, -0.1) is 0 Å². The maximum absolute atomic E-state index is 13.1. The fourth-order valence-electron chi connectivity index (χ4n) is 4.37. The average Bonchev–Trinajstić information content (AvgIpc) is 2.79. The molecule has 4 aromatic rings. The van der Waals surface area contributed by atoms with Gasteiger partial charge in [0.2, 0.25) is 5.43 Å². The van der Waals surface area contributed by atoms with Gasteiger partial charge in [0.05, 0.1) is 10.4 Å². The quantitative estimate of drug-likeness (QED) is 0.321. The molecule has 0 spiro atoms. The van der Waals surface area contributed by atoms with Gasteiger partial charge in [-0.1, -0.05) is 29.8 Å². The van der Waals surface area contributed by atoms with Crippen LogP contribution in [0, 0.1) is 12.8 Å². The van der Waals surface area contributed by atoms with Crippen LogP contribution in [0.2, 0.25) is 5.02 Å². The van der Waals surface area contributed by atoms with Gasteiger partial charge in [0.15, 0.2) is 11.1 Å². The summed E-state index contributed by atoms with van der Waals surface area (Å²) in [5.41, 5.74) is 4.85. The lowest BCUT2D eigenvalue weighted by Crippen LogP contribution is -2.33.